The van der Waals surface area contributed by atoms with E-state index in [-0.39, 0.29) is 12.5 Å². The molecule has 9 nitrogen and oxygen atoms in total. The van der Waals surface area contributed by atoms with Crippen molar-refractivity contribution < 1.29 is 14.3 Å². The molecule has 0 aliphatic carbocycles. The molecule has 3 saturated heterocycles. The molecule has 2 aromatic heterocycles. The van der Waals surface area contributed by atoms with E-state index in [9.17, 15) is 4.79 Å². The van der Waals surface area contributed by atoms with Crippen LogP contribution in [0.25, 0.3) is 11.0 Å². The van der Waals surface area contributed by atoms with E-state index in [2.05, 4.69) is 20.0 Å². The van der Waals surface area contributed by atoms with Gasteiger partial charge in [-0.3, -0.25) is 4.79 Å². The Morgan fingerprint density at radius 2 is 1.72 bits per heavy atom. The number of rotatable bonds is 3. The fourth-order valence-electron chi connectivity index (χ4n) is 4.64. The van der Waals surface area contributed by atoms with E-state index in [0.717, 1.165) is 42.8 Å². The van der Waals surface area contributed by atoms with Crippen molar-refractivity contribution in [2.75, 3.05) is 44.3 Å². The Morgan fingerprint density at radius 3 is 2.45 bits per heavy atom. The fraction of sp³-hybridized carbons (Fsp3) is 0.700. The Morgan fingerprint density at radius 1 is 1.00 bits per heavy atom. The lowest BCUT2D eigenvalue weighted by molar-refractivity contribution is -0.187. The lowest BCUT2D eigenvalue weighted by Gasteiger charge is -2.37. The molecule has 0 atom stereocenters. The van der Waals surface area contributed by atoms with Crippen LogP contribution in [-0.4, -0.2) is 75.7 Å². The smallest absolute Gasteiger partial charge is 0.244 e. The molecule has 156 valence electrons. The van der Waals surface area contributed by atoms with Crippen molar-refractivity contribution in [2.24, 2.45) is 0 Å². The molecule has 29 heavy (non-hydrogen) atoms. The molecule has 9 heteroatoms. The zero-order valence-electron chi connectivity index (χ0n) is 16.8. The highest BCUT2D eigenvalue weighted by Gasteiger charge is 2.40. The van der Waals surface area contributed by atoms with Crippen LogP contribution in [0.4, 0.5) is 5.82 Å². The molecule has 1 amide bonds. The van der Waals surface area contributed by atoms with Crippen LogP contribution in [0.15, 0.2) is 12.5 Å². The van der Waals surface area contributed by atoms with E-state index in [4.69, 9.17) is 9.47 Å². The minimum atomic E-state index is -0.468. The number of likely N-dealkylation sites (tertiary alicyclic amines) is 1. The minimum absolute atomic E-state index is 0.0535. The Balaban J connectivity index is 1.29. The molecule has 0 unspecified atom stereocenters. The predicted molar refractivity (Wildman–Crippen MR) is 106 cm³/mol. The second kappa shape index (κ2) is 7.87. The van der Waals surface area contributed by atoms with Crippen molar-refractivity contribution in [3.05, 3.63) is 12.5 Å². The van der Waals surface area contributed by atoms with E-state index in [1.807, 2.05) is 4.90 Å². The first-order valence-electron chi connectivity index (χ1n) is 10.7. The third-order valence-corrected chi connectivity index (χ3v) is 6.29. The summed E-state index contributed by atoms with van der Waals surface area (Å²) in [6, 6.07) is 0. The van der Waals surface area contributed by atoms with Crippen LogP contribution in [0.2, 0.25) is 0 Å². The molecule has 0 aromatic carbocycles. The van der Waals surface area contributed by atoms with Gasteiger partial charge in [-0.15, -0.1) is 0 Å². The van der Waals surface area contributed by atoms with Gasteiger partial charge in [0.2, 0.25) is 5.91 Å². The second-order valence-corrected chi connectivity index (χ2v) is 8.13. The van der Waals surface area contributed by atoms with E-state index in [0.29, 0.717) is 26.3 Å². The monoisotopic (exact) mass is 400 g/mol. The van der Waals surface area contributed by atoms with Crippen molar-refractivity contribution in [2.45, 2.75) is 50.9 Å². The number of aromatic nitrogens is 4. The number of fused-ring (bicyclic) bond motifs is 1. The number of anilines is 1. The van der Waals surface area contributed by atoms with E-state index in [1.54, 1.807) is 17.2 Å². The summed E-state index contributed by atoms with van der Waals surface area (Å²) in [6.07, 6.45) is 9.74. The summed E-state index contributed by atoms with van der Waals surface area (Å²) in [7, 11) is 0. The summed E-state index contributed by atoms with van der Waals surface area (Å²) >= 11 is 0. The van der Waals surface area contributed by atoms with Gasteiger partial charge in [0.15, 0.2) is 11.4 Å². The summed E-state index contributed by atoms with van der Waals surface area (Å²) in [5.41, 5.74) is 0.725. The Bertz CT molecular complexity index is 860. The van der Waals surface area contributed by atoms with Crippen LogP contribution in [-0.2, 0) is 20.8 Å². The molecule has 0 bridgehead atoms. The number of hydrogen-bond acceptors (Lipinski definition) is 7. The van der Waals surface area contributed by atoms with Gasteiger partial charge < -0.3 is 19.3 Å². The minimum Gasteiger partial charge on any atom is -0.356 e. The van der Waals surface area contributed by atoms with Crippen LogP contribution < -0.4 is 4.90 Å². The normalized spacial score (nSPS) is 22.3. The number of hydrogen-bond donors (Lipinski definition) is 0. The van der Waals surface area contributed by atoms with Gasteiger partial charge in [-0.1, -0.05) is 12.8 Å². The van der Waals surface area contributed by atoms with Gasteiger partial charge >= 0.3 is 0 Å². The maximum absolute atomic E-state index is 12.9. The number of nitrogens with zero attached hydrogens (tertiary/aromatic N) is 6. The molecule has 0 saturated carbocycles. The van der Waals surface area contributed by atoms with Gasteiger partial charge in [0.05, 0.1) is 24.8 Å². The van der Waals surface area contributed by atoms with Crippen LogP contribution in [0, 0.1) is 0 Å². The van der Waals surface area contributed by atoms with Crippen LogP contribution in [0.5, 0.6) is 0 Å². The average molecular weight is 400 g/mol. The zero-order chi connectivity index (χ0) is 19.7. The standard InChI is InChI=1S/C20H28N6O3/c27-17(24-9-5-20(6-10-24)28-11-12-29-20)14-26-19-16(13-23-26)18(21-15-22-19)25-7-3-1-2-4-8-25/h13,15H,1-12,14H2. The van der Waals surface area contributed by atoms with E-state index < -0.39 is 5.79 Å². The lowest BCUT2D eigenvalue weighted by atomic mass is 10.0. The molecule has 5 heterocycles. The number of piperidine rings is 1. The summed E-state index contributed by atoms with van der Waals surface area (Å²) in [4.78, 5) is 26.0. The van der Waals surface area contributed by atoms with Crippen molar-refractivity contribution in [3.63, 3.8) is 0 Å². The van der Waals surface area contributed by atoms with Gasteiger partial charge in [-0.2, -0.15) is 5.10 Å². The third kappa shape index (κ3) is 3.69. The van der Waals surface area contributed by atoms with Gasteiger partial charge in [0.25, 0.3) is 0 Å². The number of amides is 1. The first-order valence-corrected chi connectivity index (χ1v) is 10.7. The predicted octanol–water partition coefficient (Wildman–Crippen LogP) is 1.57. The molecule has 5 rings (SSSR count). The topological polar surface area (TPSA) is 85.6 Å². The van der Waals surface area contributed by atoms with Gasteiger partial charge in [0, 0.05) is 39.0 Å². The maximum Gasteiger partial charge on any atom is 0.244 e. The molecule has 1 spiro atoms. The molecule has 2 aromatic rings. The van der Waals surface area contributed by atoms with E-state index >= 15 is 0 Å². The highest BCUT2D eigenvalue weighted by molar-refractivity contribution is 5.88. The van der Waals surface area contributed by atoms with E-state index in [1.165, 1.54) is 25.7 Å². The molecule has 0 radical (unpaired) electrons. The van der Waals surface area contributed by atoms with Crippen molar-refractivity contribution >= 4 is 22.8 Å². The first-order chi connectivity index (χ1) is 14.2. The molecule has 3 fully saturated rings. The number of carbonyl (C=O) groups is 1. The molecule has 3 aliphatic rings. The molecule has 3 aliphatic heterocycles. The SMILES string of the molecule is O=C(Cn1ncc2c(N3CCCCCC3)ncnc21)N1CCC2(CC1)OCCO2. The van der Waals surface area contributed by atoms with Gasteiger partial charge in [0.1, 0.15) is 18.7 Å². The average Bonchev–Trinajstić information content (AvgIpc) is 3.27. The third-order valence-electron chi connectivity index (χ3n) is 6.29. The van der Waals surface area contributed by atoms with Crippen LogP contribution in [0.3, 0.4) is 0 Å². The van der Waals surface area contributed by atoms with Crippen LogP contribution in [0.1, 0.15) is 38.5 Å². The molecular weight excluding hydrogens is 372 g/mol. The quantitative estimate of drug-likeness (QED) is 0.773. The summed E-state index contributed by atoms with van der Waals surface area (Å²) in [5, 5.41) is 5.39. The zero-order valence-corrected chi connectivity index (χ0v) is 16.8. The van der Waals surface area contributed by atoms with Crippen molar-refractivity contribution in [1.29, 1.82) is 0 Å². The van der Waals surface area contributed by atoms with Gasteiger partial charge in [-0.05, 0) is 12.8 Å². The van der Waals surface area contributed by atoms with Crippen molar-refractivity contribution in [1.82, 2.24) is 24.6 Å². The molecule has 0 N–H and O–H groups in total. The fourth-order valence-corrected chi connectivity index (χ4v) is 4.64. The summed E-state index contributed by atoms with van der Waals surface area (Å²) < 4.78 is 13.2. The second-order valence-electron chi connectivity index (χ2n) is 8.13. The van der Waals surface area contributed by atoms with Crippen molar-refractivity contribution in [3.8, 4) is 0 Å². The Hall–Kier alpha value is -2.26. The highest BCUT2D eigenvalue weighted by Crippen LogP contribution is 2.31. The maximum atomic E-state index is 12.9. The Labute approximate surface area is 170 Å². The number of carbonyl (C=O) groups excluding carboxylic acids is 1. The molecular formula is C20H28N6O3. The Kier molecular flexibility index (Phi) is 5.09. The first kappa shape index (κ1) is 18.7. The summed E-state index contributed by atoms with van der Waals surface area (Å²) in [5.74, 6) is 0.522. The highest BCUT2D eigenvalue weighted by atomic mass is 16.7. The largest absolute Gasteiger partial charge is 0.356 e. The van der Waals surface area contributed by atoms with Crippen LogP contribution >= 0.6 is 0 Å². The van der Waals surface area contributed by atoms with Gasteiger partial charge in [-0.25, -0.2) is 14.6 Å². The summed E-state index contributed by atoms with van der Waals surface area (Å²) in [6.45, 7) is 4.79. The number of ether oxygens (including phenoxy) is 2. The lowest BCUT2D eigenvalue weighted by Crippen LogP contribution is -2.48.